The van der Waals surface area contributed by atoms with Crippen molar-refractivity contribution in [1.82, 2.24) is 10.2 Å². The molecule has 0 radical (unpaired) electrons. The van der Waals surface area contributed by atoms with Crippen molar-refractivity contribution in [3.63, 3.8) is 0 Å². The highest BCUT2D eigenvalue weighted by Crippen LogP contribution is 2.30. The van der Waals surface area contributed by atoms with Crippen LogP contribution in [-0.4, -0.2) is 52.1 Å². The molecule has 102 valence electrons. The van der Waals surface area contributed by atoms with Gasteiger partial charge in [0.2, 0.25) is 0 Å². The maximum absolute atomic E-state index is 12.2. The van der Waals surface area contributed by atoms with E-state index in [1.165, 1.54) is 0 Å². The zero-order chi connectivity index (χ0) is 13.0. The number of nitrogens with zero attached hydrogens (tertiary/aromatic N) is 1. The number of carboxylic acids is 1. The Balaban J connectivity index is 1.98. The fraction of sp³-hybridized carbons (Fsp3) is 0.833. The largest absolute Gasteiger partial charge is 0.480 e. The van der Waals surface area contributed by atoms with Crippen LogP contribution in [0.2, 0.25) is 0 Å². The number of amides is 2. The van der Waals surface area contributed by atoms with Crippen molar-refractivity contribution in [2.24, 2.45) is 0 Å². The molecule has 18 heavy (non-hydrogen) atoms. The van der Waals surface area contributed by atoms with E-state index in [-0.39, 0.29) is 6.03 Å². The number of urea groups is 1. The summed E-state index contributed by atoms with van der Waals surface area (Å²) in [6.07, 6.45) is 3.84. The lowest BCUT2D eigenvalue weighted by Gasteiger charge is -2.29. The van der Waals surface area contributed by atoms with Gasteiger partial charge in [-0.15, -0.1) is 0 Å². The third kappa shape index (κ3) is 2.91. The molecule has 2 fully saturated rings. The van der Waals surface area contributed by atoms with Crippen LogP contribution in [-0.2, 0) is 4.79 Å². The molecular weight excluding hydrogens is 252 g/mol. The molecule has 2 N–H and O–H groups in total. The van der Waals surface area contributed by atoms with Gasteiger partial charge in [0, 0.05) is 18.8 Å². The zero-order valence-electron chi connectivity index (χ0n) is 10.5. The maximum atomic E-state index is 12.2. The van der Waals surface area contributed by atoms with Crippen LogP contribution in [0.3, 0.4) is 0 Å². The van der Waals surface area contributed by atoms with E-state index < -0.39 is 11.5 Å². The summed E-state index contributed by atoms with van der Waals surface area (Å²) in [7, 11) is 0. The summed E-state index contributed by atoms with van der Waals surface area (Å²) in [6, 6.07) is -0.207. The topological polar surface area (TPSA) is 69.6 Å². The molecule has 0 spiro atoms. The van der Waals surface area contributed by atoms with Crippen molar-refractivity contribution >= 4 is 23.8 Å². The molecule has 1 heterocycles. The summed E-state index contributed by atoms with van der Waals surface area (Å²) in [5.74, 6) is 1.12. The molecule has 6 heteroatoms. The van der Waals surface area contributed by atoms with Crippen LogP contribution in [0.4, 0.5) is 4.79 Å². The van der Waals surface area contributed by atoms with Gasteiger partial charge in [0.15, 0.2) is 0 Å². The van der Waals surface area contributed by atoms with E-state index in [0.717, 1.165) is 37.3 Å². The van der Waals surface area contributed by atoms with Gasteiger partial charge in [-0.2, -0.15) is 11.8 Å². The smallest absolute Gasteiger partial charge is 0.329 e. The van der Waals surface area contributed by atoms with E-state index in [1.54, 1.807) is 4.90 Å². The lowest BCUT2D eigenvalue weighted by atomic mass is 9.98. The first kappa shape index (κ1) is 13.5. The number of carbonyl (C=O) groups is 2. The first-order valence-corrected chi connectivity index (χ1v) is 7.68. The van der Waals surface area contributed by atoms with Crippen molar-refractivity contribution in [3.05, 3.63) is 0 Å². The Labute approximate surface area is 111 Å². The van der Waals surface area contributed by atoms with Gasteiger partial charge < -0.3 is 15.3 Å². The fourth-order valence-corrected chi connectivity index (χ4v) is 3.49. The number of nitrogens with one attached hydrogen (secondary N) is 1. The van der Waals surface area contributed by atoms with Crippen LogP contribution in [0.5, 0.6) is 0 Å². The number of aliphatic carboxylic acids is 1. The number of hydrogen-bond acceptors (Lipinski definition) is 3. The van der Waals surface area contributed by atoms with E-state index in [9.17, 15) is 14.7 Å². The van der Waals surface area contributed by atoms with Crippen LogP contribution in [0, 0.1) is 0 Å². The third-order valence-electron chi connectivity index (χ3n) is 3.72. The molecule has 1 aliphatic heterocycles. The van der Waals surface area contributed by atoms with Gasteiger partial charge in [0.1, 0.15) is 5.54 Å². The predicted octanol–water partition coefficient (Wildman–Crippen LogP) is 1.53. The second-order valence-electron chi connectivity index (χ2n) is 4.98. The molecule has 0 atom stereocenters. The van der Waals surface area contributed by atoms with Crippen LogP contribution < -0.4 is 5.32 Å². The summed E-state index contributed by atoms with van der Waals surface area (Å²) in [5.41, 5.74) is -1.02. The molecule has 1 aliphatic carbocycles. The molecule has 0 aromatic carbocycles. The molecule has 2 aliphatic rings. The van der Waals surface area contributed by atoms with Crippen molar-refractivity contribution < 1.29 is 14.7 Å². The van der Waals surface area contributed by atoms with Crippen molar-refractivity contribution in [2.75, 3.05) is 24.6 Å². The second-order valence-corrected chi connectivity index (χ2v) is 6.20. The summed E-state index contributed by atoms with van der Waals surface area (Å²) >= 11 is 1.85. The number of thioether (sulfide) groups is 1. The SMILES string of the molecule is O=C(NC1(C(=O)O)CCCC1)N1CCCSCC1. The molecule has 5 nitrogen and oxygen atoms in total. The molecule has 0 aromatic rings. The molecule has 2 amide bonds. The minimum Gasteiger partial charge on any atom is -0.480 e. The zero-order valence-corrected chi connectivity index (χ0v) is 11.3. The number of carboxylic acid groups (broad SMARTS) is 1. The molecular formula is C12H20N2O3S. The average molecular weight is 272 g/mol. The lowest BCUT2D eigenvalue weighted by Crippen LogP contribution is -2.56. The van der Waals surface area contributed by atoms with Gasteiger partial charge in [0.25, 0.3) is 0 Å². The van der Waals surface area contributed by atoms with Crippen molar-refractivity contribution in [3.8, 4) is 0 Å². The monoisotopic (exact) mass is 272 g/mol. The first-order chi connectivity index (χ1) is 8.64. The van der Waals surface area contributed by atoms with Gasteiger partial charge >= 0.3 is 12.0 Å². The van der Waals surface area contributed by atoms with E-state index >= 15 is 0 Å². The highest BCUT2D eigenvalue weighted by Gasteiger charge is 2.43. The van der Waals surface area contributed by atoms with Crippen LogP contribution in [0.1, 0.15) is 32.1 Å². The second kappa shape index (κ2) is 5.82. The van der Waals surface area contributed by atoms with Crippen LogP contribution in [0.15, 0.2) is 0 Å². The quantitative estimate of drug-likeness (QED) is 0.800. The van der Waals surface area contributed by atoms with Crippen LogP contribution >= 0.6 is 11.8 Å². The molecule has 2 rings (SSSR count). The summed E-state index contributed by atoms with van der Waals surface area (Å²) in [4.78, 5) is 25.3. The Morgan fingerprint density at radius 1 is 1.11 bits per heavy atom. The molecule has 0 aromatic heterocycles. The number of hydrogen-bond donors (Lipinski definition) is 2. The fourth-order valence-electron chi connectivity index (χ4n) is 2.60. The van der Waals surface area contributed by atoms with E-state index in [0.29, 0.717) is 19.4 Å². The highest BCUT2D eigenvalue weighted by atomic mass is 32.2. The minimum atomic E-state index is -1.02. The van der Waals surface area contributed by atoms with E-state index in [1.807, 2.05) is 11.8 Å². The number of carbonyl (C=O) groups excluding carboxylic acids is 1. The van der Waals surface area contributed by atoms with Gasteiger partial charge in [-0.25, -0.2) is 9.59 Å². The summed E-state index contributed by atoms with van der Waals surface area (Å²) < 4.78 is 0. The molecule has 0 unspecified atom stereocenters. The Kier molecular flexibility index (Phi) is 4.37. The summed E-state index contributed by atoms with van der Waals surface area (Å²) in [5, 5.41) is 12.1. The number of rotatable bonds is 2. The lowest BCUT2D eigenvalue weighted by molar-refractivity contribution is -0.144. The Hall–Kier alpha value is -0.910. The first-order valence-electron chi connectivity index (χ1n) is 6.52. The van der Waals surface area contributed by atoms with Gasteiger partial charge in [-0.3, -0.25) is 0 Å². The van der Waals surface area contributed by atoms with Crippen molar-refractivity contribution in [1.29, 1.82) is 0 Å². The maximum Gasteiger partial charge on any atom is 0.329 e. The van der Waals surface area contributed by atoms with E-state index in [2.05, 4.69) is 5.32 Å². The summed E-state index contributed by atoms with van der Waals surface area (Å²) in [6.45, 7) is 1.45. The van der Waals surface area contributed by atoms with Gasteiger partial charge in [0.05, 0.1) is 0 Å². The Morgan fingerprint density at radius 2 is 1.83 bits per heavy atom. The van der Waals surface area contributed by atoms with Crippen LogP contribution in [0.25, 0.3) is 0 Å². The van der Waals surface area contributed by atoms with Gasteiger partial charge in [-0.1, -0.05) is 12.8 Å². The molecule has 1 saturated carbocycles. The molecule has 1 saturated heterocycles. The third-order valence-corrected chi connectivity index (χ3v) is 4.77. The standard InChI is InChI=1S/C12H20N2O3S/c15-10(16)12(4-1-2-5-12)13-11(17)14-6-3-8-18-9-7-14/h1-9H2,(H,13,17)(H,15,16). The highest BCUT2D eigenvalue weighted by molar-refractivity contribution is 7.99. The van der Waals surface area contributed by atoms with E-state index in [4.69, 9.17) is 0 Å². The average Bonchev–Trinajstić information content (AvgIpc) is 2.65. The van der Waals surface area contributed by atoms with Crippen molar-refractivity contribution in [2.45, 2.75) is 37.6 Å². The molecule has 0 bridgehead atoms. The predicted molar refractivity (Wildman–Crippen MR) is 70.9 cm³/mol. The normalized spacial score (nSPS) is 23.4. The Morgan fingerprint density at radius 3 is 2.50 bits per heavy atom. The van der Waals surface area contributed by atoms with Gasteiger partial charge in [-0.05, 0) is 25.0 Å². The minimum absolute atomic E-state index is 0.207. The Bertz CT molecular complexity index is 321.